The lowest BCUT2D eigenvalue weighted by Crippen LogP contribution is -2.28. The van der Waals surface area contributed by atoms with Crippen LogP contribution < -0.4 is 4.72 Å². The van der Waals surface area contributed by atoms with E-state index in [1.165, 1.54) is 43.5 Å². The molecule has 2 aromatic carbocycles. The maximum absolute atomic E-state index is 13.2. The van der Waals surface area contributed by atoms with Crippen LogP contribution in [-0.2, 0) is 19.6 Å². The van der Waals surface area contributed by atoms with Crippen LogP contribution in [0.1, 0.15) is 43.7 Å². The summed E-state index contributed by atoms with van der Waals surface area (Å²) in [6, 6.07) is 9.56. The highest BCUT2D eigenvalue weighted by atomic mass is 32.2. The fourth-order valence-electron chi connectivity index (χ4n) is 2.75. The summed E-state index contributed by atoms with van der Waals surface area (Å²) in [5.74, 6) is -1.23. The van der Waals surface area contributed by atoms with Crippen molar-refractivity contribution in [3.63, 3.8) is 0 Å². The Morgan fingerprint density at radius 2 is 1.54 bits per heavy atom. The molecular weight excluding hydrogens is 388 g/mol. The van der Waals surface area contributed by atoms with Gasteiger partial charge in [-0.15, -0.1) is 0 Å². The van der Waals surface area contributed by atoms with Gasteiger partial charge in [-0.2, -0.15) is 0 Å². The monoisotopic (exact) mass is 411 g/mol. The first kappa shape index (κ1) is 22.0. The lowest BCUT2D eigenvalue weighted by atomic mass is 10.0. The Balaban J connectivity index is 2.08. The number of ether oxygens (including phenoxy) is 1. The molecule has 0 saturated carbocycles. The van der Waals surface area contributed by atoms with Crippen molar-refractivity contribution in [1.82, 2.24) is 4.72 Å². The molecule has 0 bridgehead atoms. The van der Waals surface area contributed by atoms with Crippen LogP contribution in [0.3, 0.4) is 0 Å². The second-order valence-corrected chi connectivity index (χ2v) is 8.07. The fraction of sp³-hybridized carbons (Fsp3) is 0.350. The van der Waals surface area contributed by atoms with Crippen molar-refractivity contribution < 1.29 is 26.7 Å². The largest absolute Gasteiger partial charge is 0.469 e. The van der Waals surface area contributed by atoms with Gasteiger partial charge in [-0.25, -0.2) is 21.9 Å². The topological polar surface area (TPSA) is 72.5 Å². The summed E-state index contributed by atoms with van der Waals surface area (Å²) in [5.41, 5.74) is 0.625. The van der Waals surface area contributed by atoms with E-state index in [0.717, 1.165) is 12.1 Å². The third-order valence-corrected chi connectivity index (χ3v) is 5.78. The van der Waals surface area contributed by atoms with E-state index in [-0.39, 0.29) is 10.9 Å². The van der Waals surface area contributed by atoms with Gasteiger partial charge >= 0.3 is 5.97 Å². The number of nitrogens with one attached hydrogen (secondary N) is 1. The maximum Gasteiger partial charge on any atom is 0.305 e. The van der Waals surface area contributed by atoms with Crippen LogP contribution in [0.5, 0.6) is 0 Å². The first-order valence-electron chi connectivity index (χ1n) is 8.92. The number of carbonyl (C=O) groups excluding carboxylic acids is 1. The lowest BCUT2D eigenvalue weighted by Gasteiger charge is -2.19. The number of sulfonamides is 1. The van der Waals surface area contributed by atoms with Crippen molar-refractivity contribution in [2.75, 3.05) is 7.11 Å². The number of benzene rings is 2. The van der Waals surface area contributed by atoms with E-state index < -0.39 is 27.7 Å². The molecule has 5 nitrogen and oxygen atoms in total. The minimum Gasteiger partial charge on any atom is -0.469 e. The van der Waals surface area contributed by atoms with Crippen molar-refractivity contribution in [3.05, 3.63) is 65.7 Å². The molecule has 0 fully saturated rings. The van der Waals surface area contributed by atoms with Crippen molar-refractivity contribution in [1.29, 1.82) is 0 Å². The number of esters is 1. The van der Waals surface area contributed by atoms with E-state index in [4.69, 9.17) is 0 Å². The Morgan fingerprint density at radius 1 is 0.964 bits per heavy atom. The number of methoxy groups -OCH3 is 1. The normalized spacial score (nSPS) is 12.5. The van der Waals surface area contributed by atoms with E-state index in [1.54, 1.807) is 0 Å². The third-order valence-electron chi connectivity index (χ3n) is 4.30. The van der Waals surface area contributed by atoms with Crippen LogP contribution in [0.15, 0.2) is 53.4 Å². The molecule has 1 unspecified atom stereocenters. The molecule has 0 spiro atoms. The zero-order chi connectivity index (χ0) is 20.6. The maximum atomic E-state index is 13.2. The molecule has 0 aliphatic heterocycles. The summed E-state index contributed by atoms with van der Waals surface area (Å²) in [4.78, 5) is 11.1. The zero-order valence-corrected chi connectivity index (χ0v) is 16.3. The van der Waals surface area contributed by atoms with Gasteiger partial charge in [0, 0.05) is 12.5 Å². The molecule has 8 heteroatoms. The SMILES string of the molecule is COC(=O)CCCCCC(NS(=O)(=O)c1ccc(F)cc1)c1ccc(F)cc1. The average Bonchev–Trinajstić information content (AvgIpc) is 2.67. The summed E-state index contributed by atoms with van der Waals surface area (Å²) in [5, 5.41) is 0. The molecule has 0 amide bonds. The van der Waals surface area contributed by atoms with Crippen LogP contribution in [0, 0.1) is 11.6 Å². The van der Waals surface area contributed by atoms with Gasteiger partial charge in [0.2, 0.25) is 10.0 Å². The molecule has 1 N–H and O–H groups in total. The standard InChI is InChI=1S/C20H23F2NO4S/c1-27-20(24)6-4-2-3-5-19(15-7-9-16(21)10-8-15)23-28(25,26)18-13-11-17(22)12-14-18/h7-14,19,23H,2-6H2,1H3. The number of rotatable bonds is 10. The van der Waals surface area contributed by atoms with Gasteiger partial charge in [-0.1, -0.05) is 25.0 Å². The van der Waals surface area contributed by atoms with E-state index in [9.17, 15) is 22.0 Å². The number of hydrogen-bond donors (Lipinski definition) is 1. The minimum absolute atomic E-state index is 0.0493. The molecule has 2 aromatic rings. The highest BCUT2D eigenvalue weighted by molar-refractivity contribution is 7.89. The Bertz CT molecular complexity index is 868. The summed E-state index contributed by atoms with van der Waals surface area (Å²) in [6.45, 7) is 0. The summed E-state index contributed by atoms with van der Waals surface area (Å²) < 4.78 is 58.8. The fourth-order valence-corrected chi connectivity index (χ4v) is 4.01. The number of hydrogen-bond acceptors (Lipinski definition) is 4. The van der Waals surface area contributed by atoms with Crippen molar-refractivity contribution in [2.45, 2.75) is 43.0 Å². The van der Waals surface area contributed by atoms with Gasteiger partial charge in [-0.3, -0.25) is 4.79 Å². The molecule has 0 aromatic heterocycles. The van der Waals surface area contributed by atoms with Crippen LogP contribution >= 0.6 is 0 Å². The molecule has 0 saturated heterocycles. The molecule has 0 radical (unpaired) electrons. The van der Waals surface area contributed by atoms with Gasteiger partial charge in [0.25, 0.3) is 0 Å². The predicted molar refractivity (Wildman–Crippen MR) is 101 cm³/mol. The van der Waals surface area contributed by atoms with Crippen LogP contribution in [0.4, 0.5) is 8.78 Å². The van der Waals surface area contributed by atoms with Crippen molar-refractivity contribution >= 4 is 16.0 Å². The van der Waals surface area contributed by atoms with Gasteiger partial charge in [0.05, 0.1) is 12.0 Å². The Kier molecular flexibility index (Phi) is 8.07. The first-order chi connectivity index (χ1) is 13.3. The van der Waals surface area contributed by atoms with Gasteiger partial charge < -0.3 is 4.74 Å². The zero-order valence-electron chi connectivity index (χ0n) is 15.5. The van der Waals surface area contributed by atoms with Crippen molar-refractivity contribution in [2.24, 2.45) is 0 Å². The van der Waals surface area contributed by atoms with Gasteiger partial charge in [0.1, 0.15) is 11.6 Å². The molecule has 1 atom stereocenters. The first-order valence-corrected chi connectivity index (χ1v) is 10.4. The molecule has 152 valence electrons. The smallest absolute Gasteiger partial charge is 0.305 e. The molecule has 28 heavy (non-hydrogen) atoms. The lowest BCUT2D eigenvalue weighted by molar-refractivity contribution is -0.140. The molecule has 0 aliphatic rings. The molecule has 0 aliphatic carbocycles. The van der Waals surface area contributed by atoms with E-state index in [0.29, 0.717) is 37.7 Å². The Morgan fingerprint density at radius 3 is 2.11 bits per heavy atom. The highest BCUT2D eigenvalue weighted by Gasteiger charge is 2.21. The minimum atomic E-state index is -3.88. The summed E-state index contributed by atoms with van der Waals surface area (Å²) in [6.07, 6.45) is 2.77. The predicted octanol–water partition coefficient (Wildman–Crippen LogP) is 4.11. The third kappa shape index (κ3) is 6.69. The van der Waals surface area contributed by atoms with E-state index in [1.807, 2.05) is 0 Å². The van der Waals surface area contributed by atoms with Crippen LogP contribution in [-0.4, -0.2) is 21.5 Å². The molecule has 2 rings (SSSR count). The summed E-state index contributed by atoms with van der Waals surface area (Å²) in [7, 11) is -2.55. The number of carbonyl (C=O) groups is 1. The van der Waals surface area contributed by atoms with Crippen LogP contribution in [0.2, 0.25) is 0 Å². The van der Waals surface area contributed by atoms with Crippen LogP contribution in [0.25, 0.3) is 0 Å². The Hall–Kier alpha value is -2.32. The summed E-state index contributed by atoms with van der Waals surface area (Å²) >= 11 is 0. The average molecular weight is 411 g/mol. The number of halogens is 2. The second kappa shape index (κ2) is 10.3. The quantitative estimate of drug-likeness (QED) is 0.472. The second-order valence-electron chi connectivity index (χ2n) is 6.35. The van der Waals surface area contributed by atoms with E-state index >= 15 is 0 Å². The van der Waals surface area contributed by atoms with Crippen molar-refractivity contribution in [3.8, 4) is 0 Å². The Labute approximate surface area is 163 Å². The van der Waals surface area contributed by atoms with E-state index in [2.05, 4.69) is 9.46 Å². The number of unbranched alkanes of at least 4 members (excludes halogenated alkanes) is 2. The van der Waals surface area contributed by atoms with Gasteiger partial charge in [-0.05, 0) is 54.8 Å². The highest BCUT2D eigenvalue weighted by Crippen LogP contribution is 2.24. The van der Waals surface area contributed by atoms with Gasteiger partial charge in [0.15, 0.2) is 0 Å². The molecular formula is C20H23F2NO4S. The molecule has 0 heterocycles.